The lowest BCUT2D eigenvalue weighted by Crippen LogP contribution is -2.68. The Balaban J connectivity index is 1.24. The Morgan fingerprint density at radius 2 is 1.36 bits per heavy atom. The SMILES string of the molecule is CC(C)(O)[C@H]1CC[C@](C)([C@@H]2[C@H](O)C[C@]3(C)[C@H]4C[C@H](O[C@H]5O[C@@H](CO)[C@H](O)[C@@H](O)[C@@H]5O)[C@@H]5C(C)(C)[C@@H](O[C@@H]6OC[C@H](O)[C@H](O)[C@@H]6O)CC[C@@]5(C)[C@@H]4CC[C@@]23C)O1. The zero-order valence-electron chi connectivity index (χ0n) is 34.0. The third-order valence-corrected chi connectivity index (χ3v) is 17.0. The van der Waals surface area contributed by atoms with Crippen LogP contribution in [0.1, 0.15) is 107 Å². The molecule has 14 nitrogen and oxygen atoms in total. The van der Waals surface area contributed by atoms with Crippen molar-refractivity contribution in [3.63, 3.8) is 0 Å². The molecule has 7 fully saturated rings. The molecule has 3 heterocycles. The van der Waals surface area contributed by atoms with Gasteiger partial charge in [0, 0.05) is 5.92 Å². The Hall–Kier alpha value is -0.560. The van der Waals surface area contributed by atoms with Gasteiger partial charge in [0.15, 0.2) is 12.6 Å². The number of rotatable bonds is 7. The molecule has 318 valence electrons. The highest BCUT2D eigenvalue weighted by atomic mass is 16.7. The van der Waals surface area contributed by atoms with Crippen molar-refractivity contribution in [1.29, 1.82) is 0 Å². The first-order valence-electron chi connectivity index (χ1n) is 20.8. The molecule has 14 heteroatoms. The van der Waals surface area contributed by atoms with Crippen molar-refractivity contribution in [2.24, 2.45) is 45.3 Å². The summed E-state index contributed by atoms with van der Waals surface area (Å²) in [6.07, 6.45) is -8.85. The Labute approximate surface area is 325 Å². The summed E-state index contributed by atoms with van der Waals surface area (Å²) in [5.41, 5.74) is -3.33. The first-order valence-corrected chi connectivity index (χ1v) is 20.8. The molecule has 55 heavy (non-hydrogen) atoms. The molecule has 0 aromatic rings. The predicted molar refractivity (Wildman–Crippen MR) is 196 cm³/mol. The normalized spacial score (nSPS) is 56.8. The molecule has 4 saturated carbocycles. The summed E-state index contributed by atoms with van der Waals surface area (Å²) >= 11 is 0. The number of hydrogen-bond acceptors (Lipinski definition) is 14. The van der Waals surface area contributed by atoms with E-state index in [1.54, 1.807) is 13.8 Å². The summed E-state index contributed by atoms with van der Waals surface area (Å²) < 4.78 is 31.8. The van der Waals surface area contributed by atoms with Crippen LogP contribution >= 0.6 is 0 Å². The lowest BCUT2D eigenvalue weighted by molar-refractivity contribution is -0.347. The zero-order chi connectivity index (χ0) is 40.4. The minimum absolute atomic E-state index is 0.0607. The van der Waals surface area contributed by atoms with Gasteiger partial charge in [-0.25, -0.2) is 0 Å². The third kappa shape index (κ3) is 6.50. The average molecular weight is 787 g/mol. The minimum Gasteiger partial charge on any atom is -0.394 e. The van der Waals surface area contributed by atoms with Crippen molar-refractivity contribution >= 4 is 0 Å². The molecule has 4 aliphatic carbocycles. The molecule has 3 saturated heterocycles. The molecular weight excluding hydrogens is 716 g/mol. The summed E-state index contributed by atoms with van der Waals surface area (Å²) in [6.45, 7) is 16.0. The second-order valence-corrected chi connectivity index (χ2v) is 20.8. The van der Waals surface area contributed by atoms with Crippen LogP contribution in [0.3, 0.4) is 0 Å². The van der Waals surface area contributed by atoms with Gasteiger partial charge >= 0.3 is 0 Å². The molecule has 0 amide bonds. The summed E-state index contributed by atoms with van der Waals surface area (Å²) in [5.74, 6) is -0.122. The van der Waals surface area contributed by atoms with Gasteiger partial charge in [-0.1, -0.05) is 34.6 Å². The van der Waals surface area contributed by atoms with E-state index in [1.165, 1.54) is 0 Å². The highest BCUT2D eigenvalue weighted by Gasteiger charge is 2.74. The van der Waals surface area contributed by atoms with Crippen LogP contribution in [0.15, 0.2) is 0 Å². The van der Waals surface area contributed by atoms with Crippen molar-refractivity contribution in [2.45, 2.75) is 198 Å². The molecule has 0 aromatic heterocycles. The van der Waals surface area contributed by atoms with Crippen LogP contribution < -0.4 is 0 Å². The van der Waals surface area contributed by atoms with Gasteiger partial charge in [0.05, 0.1) is 48.8 Å². The van der Waals surface area contributed by atoms with Crippen LogP contribution in [-0.2, 0) is 23.7 Å². The van der Waals surface area contributed by atoms with Crippen LogP contribution in [0.25, 0.3) is 0 Å². The molecule has 9 N–H and O–H groups in total. The fourth-order valence-corrected chi connectivity index (χ4v) is 14.1. The Morgan fingerprint density at radius 3 is 2.00 bits per heavy atom. The van der Waals surface area contributed by atoms with E-state index in [2.05, 4.69) is 41.5 Å². The molecule has 0 radical (unpaired) electrons. The van der Waals surface area contributed by atoms with Crippen molar-refractivity contribution in [3.05, 3.63) is 0 Å². The van der Waals surface area contributed by atoms with E-state index in [0.717, 1.165) is 25.7 Å². The van der Waals surface area contributed by atoms with E-state index in [1.807, 2.05) is 0 Å². The number of hydrogen-bond donors (Lipinski definition) is 9. The Kier molecular flexibility index (Phi) is 11.1. The van der Waals surface area contributed by atoms with E-state index in [-0.39, 0.29) is 52.6 Å². The van der Waals surface area contributed by atoms with E-state index in [0.29, 0.717) is 25.7 Å². The van der Waals surface area contributed by atoms with Crippen LogP contribution in [0.4, 0.5) is 0 Å². The smallest absolute Gasteiger partial charge is 0.186 e. The van der Waals surface area contributed by atoms with Crippen molar-refractivity contribution in [1.82, 2.24) is 0 Å². The maximum atomic E-state index is 12.2. The molecule has 21 atom stereocenters. The van der Waals surface area contributed by atoms with Gasteiger partial charge in [-0.3, -0.25) is 0 Å². The van der Waals surface area contributed by atoms with Crippen molar-refractivity contribution < 1.29 is 69.6 Å². The molecule has 0 spiro atoms. The van der Waals surface area contributed by atoms with Gasteiger partial charge in [0.25, 0.3) is 0 Å². The van der Waals surface area contributed by atoms with Gasteiger partial charge in [0.2, 0.25) is 0 Å². The Morgan fingerprint density at radius 1 is 0.691 bits per heavy atom. The van der Waals surface area contributed by atoms with Gasteiger partial charge < -0.3 is 69.6 Å². The quantitative estimate of drug-likeness (QED) is 0.164. The zero-order valence-corrected chi connectivity index (χ0v) is 34.0. The first-order chi connectivity index (χ1) is 25.4. The minimum atomic E-state index is -1.61. The van der Waals surface area contributed by atoms with E-state index < -0.39 is 96.8 Å². The number of aliphatic hydroxyl groups excluding tert-OH is 8. The van der Waals surface area contributed by atoms with E-state index >= 15 is 0 Å². The number of fused-ring (bicyclic) bond motifs is 5. The van der Waals surface area contributed by atoms with E-state index in [4.69, 9.17) is 23.7 Å². The monoisotopic (exact) mass is 786 g/mol. The average Bonchev–Trinajstić information content (AvgIpc) is 3.60. The predicted octanol–water partition coefficient (Wildman–Crippen LogP) is 0.970. The highest BCUT2D eigenvalue weighted by Crippen LogP contribution is 2.76. The van der Waals surface area contributed by atoms with Crippen LogP contribution in [-0.4, -0.2) is 150 Å². The highest BCUT2D eigenvalue weighted by molar-refractivity contribution is 5.22. The number of aliphatic hydroxyl groups is 9. The fourth-order valence-electron chi connectivity index (χ4n) is 14.1. The lowest BCUT2D eigenvalue weighted by atomic mass is 9.37. The Bertz CT molecular complexity index is 1390. The molecule has 7 aliphatic rings. The second-order valence-electron chi connectivity index (χ2n) is 20.8. The van der Waals surface area contributed by atoms with Gasteiger partial charge in [0.1, 0.15) is 42.7 Å². The van der Waals surface area contributed by atoms with Crippen molar-refractivity contribution in [2.75, 3.05) is 13.2 Å². The maximum Gasteiger partial charge on any atom is 0.186 e. The van der Waals surface area contributed by atoms with Crippen LogP contribution in [0.5, 0.6) is 0 Å². The summed E-state index contributed by atoms with van der Waals surface area (Å²) in [5, 5.41) is 97.1. The first kappa shape index (κ1) is 42.6. The third-order valence-electron chi connectivity index (χ3n) is 17.0. The summed E-state index contributed by atoms with van der Waals surface area (Å²) in [6, 6.07) is 0. The second kappa shape index (κ2) is 14.3. The van der Waals surface area contributed by atoms with E-state index in [9.17, 15) is 46.0 Å². The molecule has 0 aromatic carbocycles. The molecule has 0 unspecified atom stereocenters. The maximum absolute atomic E-state index is 12.2. The van der Waals surface area contributed by atoms with Gasteiger partial charge in [-0.15, -0.1) is 0 Å². The summed E-state index contributed by atoms with van der Waals surface area (Å²) in [7, 11) is 0. The molecular formula is C41H70O14. The summed E-state index contributed by atoms with van der Waals surface area (Å²) in [4.78, 5) is 0. The molecule has 3 aliphatic heterocycles. The van der Waals surface area contributed by atoms with Gasteiger partial charge in [-0.05, 0) is 112 Å². The molecule has 7 rings (SSSR count). The topological polar surface area (TPSA) is 228 Å². The van der Waals surface area contributed by atoms with Crippen LogP contribution in [0.2, 0.25) is 0 Å². The van der Waals surface area contributed by atoms with Gasteiger partial charge in [-0.2, -0.15) is 0 Å². The fraction of sp³-hybridized carbons (Fsp3) is 1.00. The standard InChI is InChI=1S/C41H70O14/c1-36(2)25(54-34-30(48)27(45)22(44)18-51-34)10-12-38(5)19-9-13-39(6)32(41(8)14-11-26(55-41)37(3,4)50)21(43)16-40(39,7)20(19)15-23(33(36)38)52-35-31(49)29(47)28(46)24(17-42)53-35/h19-35,42-50H,9-18H2,1-8H3/t19-,20+,21-,22+,23+,24+,25+,26-,27+,28+,29-,30+,31+,32-,33-,34+,35+,38+,39+,40-,41-/m1/s1. The number of ether oxygens (including phenoxy) is 5. The van der Waals surface area contributed by atoms with Crippen LogP contribution in [0, 0.1) is 45.3 Å². The molecule has 0 bridgehead atoms. The van der Waals surface area contributed by atoms with Crippen molar-refractivity contribution in [3.8, 4) is 0 Å². The lowest BCUT2D eigenvalue weighted by Gasteiger charge is -2.69. The largest absolute Gasteiger partial charge is 0.394 e.